The van der Waals surface area contributed by atoms with Crippen LogP contribution in [-0.2, 0) is 10.0 Å². The maximum Gasteiger partial charge on any atom is 0.229 e. The van der Waals surface area contributed by atoms with Gasteiger partial charge in [-0.2, -0.15) is 0 Å². The number of anilines is 1. The summed E-state index contributed by atoms with van der Waals surface area (Å²) in [6.07, 6.45) is 6.39. The zero-order chi connectivity index (χ0) is 15.0. The molecular weight excluding hydrogens is 304 g/mol. The zero-order valence-corrected chi connectivity index (χ0v) is 14.1. The van der Waals surface area contributed by atoms with Crippen molar-refractivity contribution in [1.82, 2.24) is 4.90 Å². The third-order valence-corrected chi connectivity index (χ3v) is 6.38. The van der Waals surface area contributed by atoms with Gasteiger partial charge in [-0.05, 0) is 57.0 Å². The zero-order valence-electron chi connectivity index (χ0n) is 12.5. The van der Waals surface area contributed by atoms with Crippen LogP contribution in [0.4, 0.5) is 5.69 Å². The minimum Gasteiger partial charge on any atom is -0.300 e. The molecule has 0 radical (unpaired) electrons. The van der Waals surface area contributed by atoms with Crippen LogP contribution in [0.5, 0.6) is 0 Å². The topological polar surface area (TPSA) is 49.4 Å². The second kappa shape index (κ2) is 5.82. The molecule has 3 atom stereocenters. The monoisotopic (exact) mass is 326 g/mol. The van der Waals surface area contributed by atoms with Gasteiger partial charge in [0.25, 0.3) is 0 Å². The Balaban J connectivity index is 1.61. The van der Waals surface area contributed by atoms with E-state index in [2.05, 4.69) is 16.7 Å². The number of fused-ring (bicyclic) bond motifs is 2. The molecule has 0 amide bonds. The summed E-state index contributed by atoms with van der Waals surface area (Å²) in [6.45, 7) is 0. The first kappa shape index (κ1) is 15.2. The van der Waals surface area contributed by atoms with Crippen LogP contribution in [-0.4, -0.2) is 44.0 Å². The van der Waals surface area contributed by atoms with E-state index in [-0.39, 0.29) is 0 Å². The van der Waals surface area contributed by atoms with Gasteiger partial charge in [0.2, 0.25) is 10.0 Å². The molecule has 1 aromatic carbocycles. The fraction of sp³-hybridized carbons (Fsp3) is 0.600. The van der Waals surface area contributed by atoms with E-state index in [9.17, 15) is 8.42 Å². The van der Waals surface area contributed by atoms with E-state index in [1.807, 2.05) is 36.0 Å². The van der Waals surface area contributed by atoms with Crippen LogP contribution in [0.3, 0.4) is 0 Å². The van der Waals surface area contributed by atoms with Crippen LogP contribution in [0, 0.1) is 0 Å². The molecule has 2 aliphatic heterocycles. The molecule has 2 heterocycles. The number of piperidine rings is 1. The van der Waals surface area contributed by atoms with Gasteiger partial charge in [0.1, 0.15) is 0 Å². The summed E-state index contributed by atoms with van der Waals surface area (Å²) < 4.78 is 24.9. The van der Waals surface area contributed by atoms with Crippen LogP contribution in [0.15, 0.2) is 29.2 Å². The molecule has 116 valence electrons. The van der Waals surface area contributed by atoms with Crippen molar-refractivity contribution in [2.75, 3.05) is 18.0 Å². The van der Waals surface area contributed by atoms with E-state index in [1.165, 1.54) is 36.8 Å². The Morgan fingerprint density at radius 3 is 2.24 bits per heavy atom. The van der Waals surface area contributed by atoms with Crippen molar-refractivity contribution in [2.24, 2.45) is 0 Å². The largest absolute Gasteiger partial charge is 0.300 e. The highest BCUT2D eigenvalue weighted by atomic mass is 32.2. The van der Waals surface area contributed by atoms with E-state index >= 15 is 0 Å². The fourth-order valence-electron chi connectivity index (χ4n) is 3.47. The summed E-state index contributed by atoms with van der Waals surface area (Å²) in [5.41, 5.74) is 0.630. The van der Waals surface area contributed by atoms with Crippen LogP contribution in [0.1, 0.15) is 25.7 Å². The predicted octanol–water partition coefficient (Wildman–Crippen LogP) is 2.78. The lowest BCUT2D eigenvalue weighted by Crippen LogP contribution is -2.40. The van der Waals surface area contributed by atoms with Gasteiger partial charge in [-0.25, -0.2) is 8.42 Å². The van der Waals surface area contributed by atoms with E-state index in [0.717, 1.165) is 12.1 Å². The first-order valence-electron chi connectivity index (χ1n) is 7.37. The summed E-state index contributed by atoms with van der Waals surface area (Å²) in [5.74, 6) is 0. The Hall–Kier alpha value is -0.720. The van der Waals surface area contributed by atoms with E-state index in [0.29, 0.717) is 10.9 Å². The molecule has 6 heteroatoms. The predicted molar refractivity (Wildman–Crippen MR) is 88.4 cm³/mol. The first-order chi connectivity index (χ1) is 9.90. The molecule has 2 bridgehead atoms. The number of thioether (sulfide) groups is 1. The number of nitrogens with zero attached hydrogens (tertiary/aromatic N) is 1. The van der Waals surface area contributed by atoms with E-state index in [1.54, 1.807) is 0 Å². The van der Waals surface area contributed by atoms with Gasteiger partial charge in [0.15, 0.2) is 0 Å². The van der Waals surface area contributed by atoms with Gasteiger partial charge in [-0.15, -0.1) is 11.8 Å². The Morgan fingerprint density at radius 1 is 1.14 bits per heavy atom. The summed E-state index contributed by atoms with van der Waals surface area (Å²) >= 11 is 1.94. The van der Waals surface area contributed by atoms with Crippen LogP contribution < -0.4 is 4.72 Å². The highest BCUT2D eigenvalue weighted by Gasteiger charge is 2.38. The van der Waals surface area contributed by atoms with E-state index < -0.39 is 10.0 Å². The SMILES string of the molecule is CN1[C@@H]2CC[C@H]1CC(Sc1ccc(NS(C)(=O)=O)cc1)C2. The smallest absolute Gasteiger partial charge is 0.229 e. The van der Waals surface area contributed by atoms with Crippen LogP contribution >= 0.6 is 11.8 Å². The van der Waals surface area contributed by atoms with E-state index in [4.69, 9.17) is 0 Å². The third-order valence-electron chi connectivity index (χ3n) is 4.52. The number of hydrogen-bond donors (Lipinski definition) is 1. The molecule has 4 nitrogen and oxygen atoms in total. The Labute approximate surface area is 131 Å². The lowest BCUT2D eigenvalue weighted by molar-refractivity contribution is 0.183. The maximum absolute atomic E-state index is 11.2. The van der Waals surface area contributed by atoms with Gasteiger partial charge in [0, 0.05) is 27.9 Å². The second-order valence-electron chi connectivity index (χ2n) is 6.16. The molecular formula is C15H22N2O2S2. The normalized spacial score (nSPS) is 29.5. The van der Waals surface area contributed by atoms with Gasteiger partial charge in [-0.1, -0.05) is 0 Å². The number of sulfonamides is 1. The molecule has 0 saturated carbocycles. The van der Waals surface area contributed by atoms with Crippen molar-refractivity contribution < 1.29 is 8.42 Å². The molecule has 21 heavy (non-hydrogen) atoms. The highest BCUT2D eigenvalue weighted by Crippen LogP contribution is 2.41. The molecule has 2 fully saturated rings. The molecule has 1 aromatic rings. The molecule has 0 spiro atoms. The van der Waals surface area contributed by atoms with Gasteiger partial charge in [0.05, 0.1) is 6.26 Å². The Morgan fingerprint density at radius 2 is 1.71 bits per heavy atom. The summed E-state index contributed by atoms with van der Waals surface area (Å²) in [7, 11) is -0.933. The first-order valence-corrected chi connectivity index (χ1v) is 10.1. The Kier molecular flexibility index (Phi) is 4.21. The van der Waals surface area contributed by atoms with Crippen LogP contribution in [0.25, 0.3) is 0 Å². The quantitative estimate of drug-likeness (QED) is 0.924. The summed E-state index contributed by atoms with van der Waals surface area (Å²) in [5, 5.41) is 0.687. The molecule has 1 N–H and O–H groups in total. The van der Waals surface area contributed by atoms with Crippen molar-refractivity contribution in [3.05, 3.63) is 24.3 Å². The second-order valence-corrected chi connectivity index (χ2v) is 9.28. The molecule has 3 rings (SSSR count). The highest BCUT2D eigenvalue weighted by molar-refractivity contribution is 8.00. The number of nitrogens with one attached hydrogen (secondary N) is 1. The van der Waals surface area contributed by atoms with Gasteiger partial charge in [-0.3, -0.25) is 4.72 Å². The maximum atomic E-state index is 11.2. The van der Waals surface area contributed by atoms with Crippen molar-refractivity contribution in [1.29, 1.82) is 0 Å². The summed E-state index contributed by atoms with van der Waals surface area (Å²) in [4.78, 5) is 3.78. The molecule has 0 aliphatic carbocycles. The minimum absolute atomic E-state index is 0.630. The average molecular weight is 326 g/mol. The average Bonchev–Trinajstić information content (AvgIpc) is 2.62. The summed E-state index contributed by atoms with van der Waals surface area (Å²) in [6, 6.07) is 9.22. The number of rotatable bonds is 4. The van der Waals surface area contributed by atoms with Crippen molar-refractivity contribution in [2.45, 2.75) is 47.9 Å². The van der Waals surface area contributed by atoms with Gasteiger partial charge < -0.3 is 4.90 Å². The number of benzene rings is 1. The molecule has 0 aromatic heterocycles. The van der Waals surface area contributed by atoms with Crippen LogP contribution in [0.2, 0.25) is 0 Å². The Bertz CT molecular complexity index is 587. The lowest BCUT2D eigenvalue weighted by atomic mass is 10.0. The van der Waals surface area contributed by atoms with Gasteiger partial charge >= 0.3 is 0 Å². The van der Waals surface area contributed by atoms with Crippen molar-refractivity contribution in [3.8, 4) is 0 Å². The number of hydrogen-bond acceptors (Lipinski definition) is 4. The molecule has 2 aliphatic rings. The molecule has 2 saturated heterocycles. The standard InChI is InChI=1S/C15H22N2O2S2/c1-17-12-5-6-13(17)10-15(9-12)20-14-7-3-11(4-8-14)16-21(2,18)19/h3-4,7-8,12-13,15-16H,5-6,9-10H2,1-2H3/t12-,13+,15?. The van der Waals surface area contributed by atoms with Crippen molar-refractivity contribution >= 4 is 27.5 Å². The minimum atomic E-state index is -3.19. The lowest BCUT2D eigenvalue weighted by Gasteiger charge is -2.36. The third kappa shape index (κ3) is 3.73. The molecule has 1 unspecified atom stereocenters. The fourth-order valence-corrected chi connectivity index (χ4v) is 5.34. The van der Waals surface area contributed by atoms with Crippen molar-refractivity contribution in [3.63, 3.8) is 0 Å².